The van der Waals surface area contributed by atoms with Gasteiger partial charge in [-0.1, -0.05) is 25.7 Å². The summed E-state index contributed by atoms with van der Waals surface area (Å²) in [6.07, 6.45) is 6.02. The lowest BCUT2D eigenvalue weighted by atomic mass is 9.62. The topological polar surface area (TPSA) is 90.2 Å². The number of ether oxygens (including phenoxy) is 1. The van der Waals surface area contributed by atoms with Gasteiger partial charge in [-0.2, -0.15) is 0 Å². The molecule has 0 amide bonds. The van der Waals surface area contributed by atoms with E-state index in [1.807, 2.05) is 0 Å². The van der Waals surface area contributed by atoms with Crippen LogP contribution in [0.25, 0.3) is 0 Å². The van der Waals surface area contributed by atoms with Crippen molar-refractivity contribution in [3.05, 3.63) is 6.92 Å². The van der Waals surface area contributed by atoms with Gasteiger partial charge in [0.1, 0.15) is 27.3 Å². The fourth-order valence-electron chi connectivity index (χ4n) is 3.46. The molecule has 2 radical (unpaired) electrons. The van der Waals surface area contributed by atoms with Crippen LogP contribution >= 0.6 is 11.8 Å². The van der Waals surface area contributed by atoms with Gasteiger partial charge in [0.2, 0.25) is 0 Å². The van der Waals surface area contributed by atoms with Crippen molar-refractivity contribution in [1.82, 2.24) is 0 Å². The molecule has 5 nitrogen and oxygen atoms in total. The summed E-state index contributed by atoms with van der Waals surface area (Å²) in [6, 6.07) is 0. The lowest BCUT2D eigenvalue weighted by Gasteiger charge is -2.65. The number of unbranched alkanes of at least 4 members (excludes halogenated alkanes) is 5. The summed E-state index contributed by atoms with van der Waals surface area (Å²) >= 11 is 1.41. The van der Waals surface area contributed by atoms with Gasteiger partial charge in [0.25, 0.3) is 0 Å². The van der Waals surface area contributed by atoms with Crippen LogP contribution in [-0.2, 0) is 4.74 Å². The fourth-order valence-corrected chi connectivity index (χ4v) is 4.92. The highest BCUT2D eigenvalue weighted by atomic mass is 32.2. The van der Waals surface area contributed by atoms with Crippen LogP contribution in [0.2, 0.25) is 0 Å². The first-order valence-electron chi connectivity index (χ1n) is 9.15. The summed E-state index contributed by atoms with van der Waals surface area (Å²) in [4.78, 5) is -1.17. The molecule has 1 heterocycles. The van der Waals surface area contributed by atoms with Crippen molar-refractivity contribution >= 4 is 11.8 Å². The Hall–Kier alpha value is 0.150. The van der Waals surface area contributed by atoms with E-state index in [0.29, 0.717) is 0 Å². The van der Waals surface area contributed by atoms with E-state index in [0.717, 1.165) is 44.3 Å². The van der Waals surface area contributed by atoms with Gasteiger partial charge in [-0.05, 0) is 60.1 Å². The van der Waals surface area contributed by atoms with E-state index in [1.165, 1.54) is 32.5 Å². The highest BCUT2D eigenvalue weighted by Crippen LogP contribution is 2.56. The zero-order chi connectivity index (χ0) is 19.6. The average Bonchev–Trinajstić information content (AvgIpc) is 2.52. The quantitative estimate of drug-likeness (QED) is 0.462. The van der Waals surface area contributed by atoms with Crippen LogP contribution in [0.4, 0.5) is 0 Å². The first-order valence-corrected chi connectivity index (χ1v) is 10.1. The first kappa shape index (κ1) is 23.2. The molecule has 1 aliphatic heterocycles. The Labute approximate surface area is 157 Å². The van der Waals surface area contributed by atoms with Crippen LogP contribution in [0, 0.1) is 6.92 Å². The molecule has 0 aromatic rings. The van der Waals surface area contributed by atoms with Gasteiger partial charge < -0.3 is 25.2 Å². The molecule has 0 aromatic heterocycles. The summed E-state index contributed by atoms with van der Waals surface area (Å²) in [5, 5.41) is 42.8. The predicted octanol–water partition coefficient (Wildman–Crippen LogP) is 2.52. The highest BCUT2D eigenvalue weighted by Gasteiger charge is 2.73. The third-order valence-electron chi connectivity index (χ3n) is 6.26. The van der Waals surface area contributed by atoms with E-state index in [2.05, 4.69) is 0 Å². The first-order chi connectivity index (χ1) is 11.3. The number of hydrogen-bond donors (Lipinski definition) is 4. The molecule has 6 heteroatoms. The van der Waals surface area contributed by atoms with E-state index in [-0.39, 0.29) is 0 Å². The van der Waals surface area contributed by atoms with Gasteiger partial charge >= 0.3 is 0 Å². The normalized spacial score (nSPS) is 44.9. The molecule has 0 spiro atoms. The lowest BCUT2D eigenvalue weighted by molar-refractivity contribution is -0.380. The molecule has 1 fully saturated rings. The van der Waals surface area contributed by atoms with E-state index in [4.69, 9.17) is 11.7 Å². The van der Waals surface area contributed by atoms with Crippen LogP contribution < -0.4 is 0 Å². The van der Waals surface area contributed by atoms with Crippen molar-refractivity contribution in [2.45, 2.75) is 100 Å². The molecule has 0 saturated carbocycles. The monoisotopic (exact) mass is 376 g/mol. The zero-order valence-corrected chi connectivity index (χ0v) is 17.2. The minimum atomic E-state index is -1.88. The van der Waals surface area contributed by atoms with Crippen LogP contribution in [-0.4, -0.2) is 60.1 Å². The molecule has 25 heavy (non-hydrogen) atoms. The van der Waals surface area contributed by atoms with Crippen molar-refractivity contribution < 1.29 is 25.2 Å². The number of hydrogen-bond acceptors (Lipinski definition) is 6. The molecule has 0 bridgehead atoms. The van der Waals surface area contributed by atoms with E-state index < -0.39 is 33.9 Å². The third-order valence-corrected chi connectivity index (χ3v) is 7.78. The Balaban J connectivity index is 2.86. The Morgan fingerprint density at radius 3 is 1.84 bits per heavy atom. The Morgan fingerprint density at radius 2 is 1.32 bits per heavy atom. The maximum Gasteiger partial charge on any atom is 0.143 e. The van der Waals surface area contributed by atoms with E-state index in [9.17, 15) is 20.4 Å². The summed E-state index contributed by atoms with van der Waals surface area (Å²) in [5.41, 5.74) is -6.83. The van der Waals surface area contributed by atoms with E-state index >= 15 is 0 Å². The summed E-state index contributed by atoms with van der Waals surface area (Å²) < 4.78 is 6.06. The second kappa shape index (κ2) is 8.03. The fraction of sp³-hybridized carbons (Fsp3) is 0.947. The van der Waals surface area contributed by atoms with Gasteiger partial charge in [-0.15, -0.1) is 11.8 Å². The molecular weight excluding hydrogens is 340 g/mol. The average molecular weight is 377 g/mol. The summed E-state index contributed by atoms with van der Waals surface area (Å²) in [5.74, 6) is 0.745. The van der Waals surface area contributed by atoms with Crippen LogP contribution in [0.15, 0.2) is 0 Å². The number of rotatable bonds is 9. The van der Waals surface area contributed by atoms with Crippen molar-refractivity contribution in [2.75, 3.05) is 12.4 Å². The Kier molecular flexibility index (Phi) is 7.45. The third kappa shape index (κ3) is 3.90. The van der Waals surface area contributed by atoms with Gasteiger partial charge in [0, 0.05) is 0 Å². The maximum absolute atomic E-state index is 11.1. The molecule has 4 N–H and O–H groups in total. The number of aliphatic hydroxyl groups excluding tert-OH is 1. The molecule has 148 valence electrons. The number of aliphatic hydroxyl groups is 4. The highest BCUT2D eigenvalue weighted by molar-refractivity contribution is 8.00. The molecule has 0 aliphatic carbocycles. The molecule has 0 aromatic carbocycles. The second-order valence-electron chi connectivity index (χ2n) is 8.06. The summed E-state index contributed by atoms with van der Waals surface area (Å²) in [6.45, 7) is 12.6. The molecule has 1 aliphatic rings. The van der Waals surface area contributed by atoms with Gasteiger partial charge in [-0.3, -0.25) is 0 Å². The van der Waals surface area contributed by atoms with Crippen molar-refractivity contribution in [3.8, 4) is 0 Å². The Bertz CT molecular complexity index is 438. The van der Waals surface area contributed by atoms with Crippen molar-refractivity contribution in [1.29, 1.82) is 0 Å². The van der Waals surface area contributed by atoms with Gasteiger partial charge in [0.05, 0.1) is 6.61 Å². The SMILES string of the molecule is [CH]CCCCCCCS[C@]1(C)OC(C)(CO)[C@@](C)(O)[C@@](C)(O)C1(C)O. The van der Waals surface area contributed by atoms with Gasteiger partial charge in [0.15, 0.2) is 0 Å². The molecule has 1 saturated heterocycles. The molecular formula is C19H36O5S. The smallest absolute Gasteiger partial charge is 0.143 e. The van der Waals surface area contributed by atoms with Crippen LogP contribution in [0.3, 0.4) is 0 Å². The zero-order valence-electron chi connectivity index (χ0n) is 16.3. The van der Waals surface area contributed by atoms with Crippen molar-refractivity contribution in [2.24, 2.45) is 0 Å². The standard InChI is InChI=1S/C19H36O5S/c1-7-8-9-10-11-12-13-25-19(6)18(5,23)17(4,22)16(3,21)15(2,14-20)24-19/h1,20-23H,7-14H2,2-6H3/t15?,16-,17-,18?,19+/m1/s1. The lowest BCUT2D eigenvalue weighted by Crippen LogP contribution is -2.83. The minimum Gasteiger partial charge on any atom is -0.393 e. The Morgan fingerprint density at radius 1 is 0.800 bits per heavy atom. The van der Waals surface area contributed by atoms with Crippen molar-refractivity contribution in [3.63, 3.8) is 0 Å². The van der Waals surface area contributed by atoms with Gasteiger partial charge in [-0.25, -0.2) is 0 Å². The molecule has 1 rings (SSSR count). The van der Waals surface area contributed by atoms with Crippen LogP contribution in [0.1, 0.15) is 73.1 Å². The van der Waals surface area contributed by atoms with E-state index in [1.54, 1.807) is 13.8 Å². The summed E-state index contributed by atoms with van der Waals surface area (Å²) in [7, 11) is 0. The maximum atomic E-state index is 11.1. The largest absolute Gasteiger partial charge is 0.393 e. The van der Waals surface area contributed by atoms with Crippen LogP contribution in [0.5, 0.6) is 0 Å². The molecule has 2 unspecified atom stereocenters. The molecule has 5 atom stereocenters. The number of thioether (sulfide) groups is 1. The second-order valence-corrected chi connectivity index (χ2v) is 9.53. The minimum absolute atomic E-state index is 0.471. The predicted molar refractivity (Wildman–Crippen MR) is 101 cm³/mol.